The van der Waals surface area contributed by atoms with Crippen LogP contribution in [0.2, 0.25) is 0 Å². The predicted octanol–water partition coefficient (Wildman–Crippen LogP) is -1.90. The van der Waals surface area contributed by atoms with Crippen LogP contribution in [0.1, 0.15) is 10.6 Å². The molecule has 1 aliphatic heterocycles. The second-order valence-electron chi connectivity index (χ2n) is 4.00. The number of nitrogen functional groups attached to an aromatic ring is 1. The lowest BCUT2D eigenvalue weighted by Gasteiger charge is -2.32. The Hall–Kier alpha value is -1.68. The molecule has 0 saturated carbocycles. The average molecular weight is 274 g/mol. The Kier molecular flexibility index (Phi) is 3.22. The van der Waals surface area contributed by atoms with Crippen LogP contribution in [0.5, 0.6) is 0 Å². The van der Waals surface area contributed by atoms with Crippen molar-refractivity contribution >= 4 is 21.9 Å². The van der Waals surface area contributed by atoms with E-state index in [1.54, 1.807) is 0 Å². The minimum atomic E-state index is -3.20. The second kappa shape index (κ2) is 4.53. The van der Waals surface area contributed by atoms with E-state index in [9.17, 15) is 13.2 Å². The summed E-state index contributed by atoms with van der Waals surface area (Å²) in [6, 6.07) is 0. The van der Waals surface area contributed by atoms with Crippen LogP contribution in [0.3, 0.4) is 0 Å². The number of amides is 1. The lowest BCUT2D eigenvalue weighted by Crippen LogP contribution is -2.50. The van der Waals surface area contributed by atoms with Crippen LogP contribution in [0, 0.1) is 0 Å². The van der Waals surface area contributed by atoms with Gasteiger partial charge < -0.3 is 10.6 Å². The maximum atomic E-state index is 11.9. The maximum Gasteiger partial charge on any atom is 0.291 e. The van der Waals surface area contributed by atoms with Crippen molar-refractivity contribution in [1.82, 2.24) is 24.4 Å². The molecule has 2 rings (SSSR count). The zero-order chi connectivity index (χ0) is 13.3. The first-order chi connectivity index (χ1) is 8.38. The van der Waals surface area contributed by atoms with E-state index in [1.807, 2.05) is 0 Å². The third-order valence-corrected chi connectivity index (χ3v) is 4.00. The largest absolute Gasteiger partial charge is 0.366 e. The van der Waals surface area contributed by atoms with Crippen molar-refractivity contribution in [1.29, 1.82) is 0 Å². The molecule has 2 heterocycles. The highest BCUT2D eigenvalue weighted by atomic mass is 32.2. The number of nitrogens with two attached hydrogens (primary N) is 1. The summed E-state index contributed by atoms with van der Waals surface area (Å²) in [6.07, 6.45) is 1.15. The van der Waals surface area contributed by atoms with Gasteiger partial charge in [-0.15, -0.1) is 5.10 Å². The van der Waals surface area contributed by atoms with Gasteiger partial charge >= 0.3 is 0 Å². The quantitative estimate of drug-likeness (QED) is 0.649. The summed E-state index contributed by atoms with van der Waals surface area (Å²) in [5.41, 5.74) is 5.31. The molecule has 1 aliphatic rings. The number of aromatic amines is 1. The summed E-state index contributed by atoms with van der Waals surface area (Å²) >= 11 is 0. The molecule has 100 valence electrons. The molecule has 18 heavy (non-hydrogen) atoms. The van der Waals surface area contributed by atoms with Crippen LogP contribution in [-0.4, -0.2) is 71.1 Å². The Balaban J connectivity index is 2.00. The van der Waals surface area contributed by atoms with Crippen molar-refractivity contribution in [3.05, 3.63) is 5.82 Å². The van der Waals surface area contributed by atoms with Crippen LogP contribution >= 0.6 is 0 Å². The number of piperazine rings is 1. The summed E-state index contributed by atoms with van der Waals surface area (Å²) in [4.78, 5) is 17.2. The number of nitrogens with zero attached hydrogens (tertiary/aromatic N) is 4. The van der Waals surface area contributed by atoms with Crippen molar-refractivity contribution in [2.24, 2.45) is 0 Å². The number of aromatic nitrogens is 3. The van der Waals surface area contributed by atoms with Gasteiger partial charge in [0.15, 0.2) is 0 Å². The molecule has 10 heteroatoms. The number of carbonyl (C=O) groups is 1. The molecule has 0 radical (unpaired) electrons. The van der Waals surface area contributed by atoms with Gasteiger partial charge in [-0.2, -0.15) is 9.29 Å². The number of hydrogen-bond acceptors (Lipinski definition) is 6. The van der Waals surface area contributed by atoms with Crippen LogP contribution < -0.4 is 5.73 Å². The second-order valence-corrected chi connectivity index (χ2v) is 5.98. The van der Waals surface area contributed by atoms with E-state index in [2.05, 4.69) is 15.2 Å². The fourth-order valence-electron chi connectivity index (χ4n) is 1.74. The van der Waals surface area contributed by atoms with Crippen LogP contribution in [0.25, 0.3) is 0 Å². The molecule has 0 unspecified atom stereocenters. The number of carbonyl (C=O) groups excluding carboxylic acids is 1. The molecule has 1 aromatic rings. The molecular formula is C8H14N6O3S. The molecule has 0 atom stereocenters. The van der Waals surface area contributed by atoms with Gasteiger partial charge in [-0.05, 0) is 0 Å². The molecule has 9 nitrogen and oxygen atoms in total. The molecule has 0 bridgehead atoms. The van der Waals surface area contributed by atoms with E-state index >= 15 is 0 Å². The zero-order valence-electron chi connectivity index (χ0n) is 9.83. The molecular weight excluding hydrogens is 260 g/mol. The molecule has 1 aromatic heterocycles. The summed E-state index contributed by atoms with van der Waals surface area (Å²) in [7, 11) is -3.20. The highest BCUT2D eigenvalue weighted by Gasteiger charge is 2.27. The number of anilines is 1. The van der Waals surface area contributed by atoms with Gasteiger partial charge in [-0.1, -0.05) is 0 Å². The maximum absolute atomic E-state index is 11.9. The highest BCUT2D eigenvalue weighted by Crippen LogP contribution is 2.08. The van der Waals surface area contributed by atoms with E-state index < -0.39 is 10.0 Å². The monoisotopic (exact) mass is 274 g/mol. The molecule has 0 aromatic carbocycles. The summed E-state index contributed by atoms with van der Waals surface area (Å²) in [6.45, 7) is 1.22. The van der Waals surface area contributed by atoms with Crippen molar-refractivity contribution in [2.45, 2.75) is 0 Å². The Bertz CT molecular complexity index is 545. The van der Waals surface area contributed by atoms with Crippen molar-refractivity contribution in [3.63, 3.8) is 0 Å². The van der Waals surface area contributed by atoms with E-state index in [0.29, 0.717) is 13.1 Å². The highest BCUT2D eigenvalue weighted by molar-refractivity contribution is 7.88. The molecule has 0 spiro atoms. The van der Waals surface area contributed by atoms with E-state index in [1.165, 1.54) is 9.21 Å². The third kappa shape index (κ3) is 2.59. The first-order valence-electron chi connectivity index (χ1n) is 5.30. The van der Waals surface area contributed by atoms with Gasteiger partial charge in [-0.3, -0.25) is 9.89 Å². The normalized spacial score (nSPS) is 17.9. The van der Waals surface area contributed by atoms with Crippen LogP contribution in [-0.2, 0) is 10.0 Å². The number of hydrogen-bond donors (Lipinski definition) is 2. The van der Waals surface area contributed by atoms with Gasteiger partial charge in [0.25, 0.3) is 5.91 Å². The summed E-state index contributed by atoms with van der Waals surface area (Å²) in [5.74, 6) is -0.249. The lowest BCUT2D eigenvalue weighted by atomic mass is 10.3. The van der Waals surface area contributed by atoms with Gasteiger partial charge in [0.05, 0.1) is 6.26 Å². The Labute approximate surface area is 104 Å². The van der Waals surface area contributed by atoms with Gasteiger partial charge in [0, 0.05) is 26.2 Å². The number of nitrogens with one attached hydrogen (secondary N) is 1. The SMILES string of the molecule is CS(=O)(=O)N1CCN(C(=O)c2nc(N)n[nH]2)CC1. The third-order valence-electron chi connectivity index (χ3n) is 2.70. The molecule has 1 saturated heterocycles. The van der Waals surface area contributed by atoms with Crippen LogP contribution in [0.15, 0.2) is 0 Å². The van der Waals surface area contributed by atoms with Gasteiger partial charge in [-0.25, -0.2) is 8.42 Å². The van der Waals surface area contributed by atoms with Crippen molar-refractivity contribution < 1.29 is 13.2 Å². The standard InChI is InChI=1S/C8H14N6O3S/c1-18(16,17)14-4-2-13(3-5-14)7(15)6-10-8(9)12-11-6/h2-5H2,1H3,(H3,9,10,11,12). The van der Waals surface area contributed by atoms with E-state index in [-0.39, 0.29) is 30.8 Å². The topological polar surface area (TPSA) is 125 Å². The molecule has 3 N–H and O–H groups in total. The smallest absolute Gasteiger partial charge is 0.291 e. The first kappa shape index (κ1) is 12.8. The van der Waals surface area contributed by atoms with Crippen molar-refractivity contribution in [2.75, 3.05) is 38.2 Å². The lowest BCUT2D eigenvalue weighted by molar-refractivity contribution is 0.0686. The first-order valence-corrected chi connectivity index (χ1v) is 7.15. The fraction of sp³-hybridized carbons (Fsp3) is 0.625. The molecule has 1 amide bonds. The van der Waals surface area contributed by atoms with Crippen molar-refractivity contribution in [3.8, 4) is 0 Å². The van der Waals surface area contributed by atoms with Gasteiger partial charge in [0.2, 0.25) is 21.8 Å². The Morgan fingerprint density at radius 3 is 2.39 bits per heavy atom. The predicted molar refractivity (Wildman–Crippen MR) is 63.1 cm³/mol. The fourth-order valence-corrected chi connectivity index (χ4v) is 2.57. The number of rotatable bonds is 2. The number of sulfonamides is 1. The van der Waals surface area contributed by atoms with E-state index in [0.717, 1.165) is 6.26 Å². The minimum Gasteiger partial charge on any atom is -0.366 e. The van der Waals surface area contributed by atoms with Gasteiger partial charge in [0.1, 0.15) is 0 Å². The molecule has 1 fully saturated rings. The Morgan fingerprint density at radius 1 is 1.33 bits per heavy atom. The van der Waals surface area contributed by atoms with E-state index in [4.69, 9.17) is 5.73 Å². The van der Waals surface area contributed by atoms with Crippen LogP contribution in [0.4, 0.5) is 5.95 Å². The summed E-state index contributed by atoms with van der Waals surface area (Å²) in [5, 5.41) is 6.01. The number of H-pyrrole nitrogens is 1. The summed E-state index contributed by atoms with van der Waals surface area (Å²) < 4.78 is 24.0. The average Bonchev–Trinajstić information content (AvgIpc) is 2.74. The molecule has 0 aliphatic carbocycles. The Morgan fingerprint density at radius 2 is 1.94 bits per heavy atom. The zero-order valence-corrected chi connectivity index (χ0v) is 10.6. The minimum absolute atomic E-state index is 0.00752.